The van der Waals surface area contributed by atoms with Gasteiger partial charge < -0.3 is 5.32 Å². The van der Waals surface area contributed by atoms with Gasteiger partial charge in [0.1, 0.15) is 11.4 Å². The van der Waals surface area contributed by atoms with Gasteiger partial charge in [-0.05, 0) is 55.4 Å². The highest BCUT2D eigenvalue weighted by Crippen LogP contribution is 2.43. The molecule has 1 saturated carbocycles. The Morgan fingerprint density at radius 3 is 2.56 bits per heavy atom. The number of nitrogens with zero attached hydrogens (tertiary/aromatic N) is 1. The zero-order valence-electron chi connectivity index (χ0n) is 11.1. The van der Waals surface area contributed by atoms with Crippen LogP contribution in [-0.2, 0) is 0 Å². The van der Waals surface area contributed by atoms with Gasteiger partial charge in [0.2, 0.25) is 0 Å². The molecule has 1 N–H and O–H groups in total. The molecule has 2 rings (SSSR count). The minimum Gasteiger partial charge on any atom is -0.367 e. The Morgan fingerprint density at radius 2 is 2.06 bits per heavy atom. The van der Waals surface area contributed by atoms with Crippen molar-refractivity contribution < 1.29 is 4.39 Å². The molecule has 0 heterocycles. The summed E-state index contributed by atoms with van der Waals surface area (Å²) in [6, 6.07) is 7.17. The normalized spacial score (nSPS) is 26.6. The minimum absolute atomic E-state index is 0.259. The zero-order valence-corrected chi connectivity index (χ0v) is 11.1. The minimum atomic E-state index is -0.505. The standard InChI is InChI=1S/C15H19FN2/c1-10(2)12-7-15(8-12,9-17)18-14-5-11(3)4-13(16)6-14/h4-6,10,12,18H,7-8H2,1-3H3. The third kappa shape index (κ3) is 2.48. The molecule has 0 amide bonds. The van der Waals surface area contributed by atoms with Gasteiger partial charge in [0, 0.05) is 5.69 Å². The van der Waals surface area contributed by atoms with Gasteiger partial charge in [-0.15, -0.1) is 0 Å². The summed E-state index contributed by atoms with van der Waals surface area (Å²) in [5.41, 5.74) is 1.07. The topological polar surface area (TPSA) is 35.8 Å². The fourth-order valence-corrected chi connectivity index (χ4v) is 2.61. The van der Waals surface area contributed by atoms with E-state index in [-0.39, 0.29) is 5.82 Å². The van der Waals surface area contributed by atoms with Crippen molar-refractivity contribution in [1.82, 2.24) is 0 Å². The second-order valence-electron chi connectivity index (χ2n) is 5.75. The van der Waals surface area contributed by atoms with Crippen LogP contribution >= 0.6 is 0 Å². The van der Waals surface area contributed by atoms with E-state index in [1.54, 1.807) is 0 Å². The molecule has 0 saturated heterocycles. The first-order chi connectivity index (χ1) is 8.44. The highest BCUT2D eigenvalue weighted by Gasteiger charge is 2.45. The summed E-state index contributed by atoms with van der Waals surface area (Å²) in [5.74, 6) is 0.930. The van der Waals surface area contributed by atoms with Crippen LogP contribution in [0.5, 0.6) is 0 Å². The predicted octanol–water partition coefficient (Wildman–Crippen LogP) is 3.87. The summed E-state index contributed by atoms with van der Waals surface area (Å²) in [7, 11) is 0. The first kappa shape index (κ1) is 12.9. The van der Waals surface area contributed by atoms with E-state index in [2.05, 4.69) is 25.2 Å². The van der Waals surface area contributed by atoms with E-state index in [1.807, 2.05) is 13.0 Å². The Labute approximate surface area is 108 Å². The molecule has 1 aromatic rings. The fourth-order valence-electron chi connectivity index (χ4n) is 2.61. The number of benzene rings is 1. The van der Waals surface area contributed by atoms with Gasteiger partial charge >= 0.3 is 0 Å². The summed E-state index contributed by atoms with van der Waals surface area (Å²) in [6.07, 6.45) is 1.69. The molecule has 0 radical (unpaired) electrons. The fraction of sp³-hybridized carbons (Fsp3) is 0.533. The summed E-state index contributed by atoms with van der Waals surface area (Å²) >= 11 is 0. The Morgan fingerprint density at radius 1 is 1.39 bits per heavy atom. The van der Waals surface area contributed by atoms with Gasteiger partial charge in [-0.2, -0.15) is 5.26 Å². The van der Waals surface area contributed by atoms with Crippen LogP contribution in [0, 0.1) is 35.9 Å². The summed E-state index contributed by atoms with van der Waals surface area (Å²) in [6.45, 7) is 6.21. The summed E-state index contributed by atoms with van der Waals surface area (Å²) < 4.78 is 13.3. The van der Waals surface area contributed by atoms with Crippen molar-refractivity contribution in [1.29, 1.82) is 5.26 Å². The van der Waals surface area contributed by atoms with Crippen molar-refractivity contribution in [3.8, 4) is 6.07 Å². The van der Waals surface area contributed by atoms with E-state index in [4.69, 9.17) is 0 Å². The van der Waals surface area contributed by atoms with Crippen LogP contribution in [0.15, 0.2) is 18.2 Å². The lowest BCUT2D eigenvalue weighted by Gasteiger charge is -2.45. The number of halogens is 1. The average Bonchev–Trinajstić information content (AvgIpc) is 2.20. The van der Waals surface area contributed by atoms with Crippen molar-refractivity contribution in [3.05, 3.63) is 29.6 Å². The van der Waals surface area contributed by atoms with Crippen molar-refractivity contribution >= 4 is 5.69 Å². The lowest BCUT2D eigenvalue weighted by atomic mass is 9.64. The van der Waals surface area contributed by atoms with Crippen LogP contribution in [0.4, 0.5) is 10.1 Å². The summed E-state index contributed by atoms with van der Waals surface area (Å²) in [5, 5.41) is 12.5. The Hall–Kier alpha value is -1.56. The SMILES string of the molecule is Cc1cc(F)cc(NC2(C#N)CC(C(C)C)C2)c1. The van der Waals surface area contributed by atoms with E-state index in [1.165, 1.54) is 12.1 Å². The molecular formula is C15H19FN2. The van der Waals surface area contributed by atoms with Crippen LogP contribution in [0.1, 0.15) is 32.3 Å². The monoisotopic (exact) mass is 246 g/mol. The first-order valence-electron chi connectivity index (χ1n) is 6.41. The number of nitrogens with one attached hydrogen (secondary N) is 1. The largest absolute Gasteiger partial charge is 0.367 e. The van der Waals surface area contributed by atoms with E-state index in [0.29, 0.717) is 17.5 Å². The van der Waals surface area contributed by atoms with Crippen LogP contribution in [0.25, 0.3) is 0 Å². The summed E-state index contributed by atoms with van der Waals surface area (Å²) in [4.78, 5) is 0. The molecular weight excluding hydrogens is 227 g/mol. The van der Waals surface area contributed by atoms with Crippen LogP contribution < -0.4 is 5.32 Å². The van der Waals surface area contributed by atoms with Gasteiger partial charge in [0.05, 0.1) is 6.07 Å². The van der Waals surface area contributed by atoms with Crippen molar-refractivity contribution in [2.24, 2.45) is 11.8 Å². The van der Waals surface area contributed by atoms with E-state index < -0.39 is 5.54 Å². The van der Waals surface area contributed by atoms with Crippen molar-refractivity contribution in [2.45, 2.75) is 39.2 Å². The van der Waals surface area contributed by atoms with E-state index in [9.17, 15) is 9.65 Å². The third-order valence-corrected chi connectivity index (χ3v) is 3.80. The zero-order chi connectivity index (χ0) is 13.3. The average molecular weight is 246 g/mol. The predicted molar refractivity (Wildman–Crippen MR) is 70.7 cm³/mol. The highest BCUT2D eigenvalue weighted by atomic mass is 19.1. The van der Waals surface area contributed by atoms with Crippen LogP contribution in [0.3, 0.4) is 0 Å². The maximum Gasteiger partial charge on any atom is 0.125 e. The van der Waals surface area contributed by atoms with Crippen LogP contribution in [0.2, 0.25) is 0 Å². The maximum atomic E-state index is 13.3. The molecule has 0 bridgehead atoms. The molecule has 3 heteroatoms. The van der Waals surface area contributed by atoms with Gasteiger partial charge in [0.15, 0.2) is 0 Å². The van der Waals surface area contributed by atoms with Crippen LogP contribution in [-0.4, -0.2) is 5.54 Å². The Bertz CT molecular complexity index is 462. The number of hydrogen-bond donors (Lipinski definition) is 1. The second kappa shape index (κ2) is 4.61. The number of nitriles is 1. The molecule has 0 unspecified atom stereocenters. The molecule has 1 aliphatic carbocycles. The molecule has 0 atom stereocenters. The Balaban J connectivity index is 2.11. The highest BCUT2D eigenvalue weighted by molar-refractivity contribution is 5.51. The smallest absolute Gasteiger partial charge is 0.125 e. The van der Waals surface area contributed by atoms with Crippen molar-refractivity contribution in [2.75, 3.05) is 5.32 Å². The molecule has 0 aromatic heterocycles. The number of hydrogen-bond acceptors (Lipinski definition) is 2. The second-order valence-corrected chi connectivity index (χ2v) is 5.75. The number of anilines is 1. The molecule has 2 nitrogen and oxygen atoms in total. The third-order valence-electron chi connectivity index (χ3n) is 3.80. The molecule has 96 valence electrons. The maximum absolute atomic E-state index is 13.3. The molecule has 0 spiro atoms. The lowest BCUT2D eigenvalue weighted by Crippen LogP contribution is -2.50. The molecule has 18 heavy (non-hydrogen) atoms. The molecule has 0 aliphatic heterocycles. The van der Waals surface area contributed by atoms with Gasteiger partial charge in [-0.3, -0.25) is 0 Å². The van der Waals surface area contributed by atoms with E-state index >= 15 is 0 Å². The molecule has 1 aromatic carbocycles. The number of rotatable bonds is 3. The lowest BCUT2D eigenvalue weighted by molar-refractivity contribution is 0.165. The quantitative estimate of drug-likeness (QED) is 0.878. The molecule has 1 fully saturated rings. The van der Waals surface area contributed by atoms with Gasteiger partial charge in [0.25, 0.3) is 0 Å². The van der Waals surface area contributed by atoms with Gasteiger partial charge in [-0.25, -0.2) is 4.39 Å². The van der Waals surface area contributed by atoms with Crippen molar-refractivity contribution in [3.63, 3.8) is 0 Å². The first-order valence-corrected chi connectivity index (χ1v) is 6.41. The Kier molecular flexibility index (Phi) is 3.30. The van der Waals surface area contributed by atoms with E-state index in [0.717, 1.165) is 18.4 Å². The van der Waals surface area contributed by atoms with Gasteiger partial charge in [-0.1, -0.05) is 13.8 Å². The molecule has 1 aliphatic rings. The number of aryl methyl sites for hydroxylation is 1.